The molecule has 0 unspecified atom stereocenters. The van der Waals surface area contributed by atoms with E-state index >= 15 is 0 Å². The van der Waals surface area contributed by atoms with Gasteiger partial charge < -0.3 is 9.80 Å². The van der Waals surface area contributed by atoms with E-state index in [1.807, 2.05) is 18.3 Å². The first-order valence-electron chi connectivity index (χ1n) is 7.91. The van der Waals surface area contributed by atoms with Crippen LogP contribution >= 0.6 is 0 Å². The highest BCUT2D eigenvalue weighted by Crippen LogP contribution is 2.46. The van der Waals surface area contributed by atoms with Gasteiger partial charge in [-0.3, -0.25) is 0 Å². The number of fused-ring (bicyclic) bond motifs is 1. The highest BCUT2D eigenvalue weighted by atomic mass is 15.4. The van der Waals surface area contributed by atoms with Gasteiger partial charge in [-0.2, -0.15) is 0 Å². The molecular weight excluding hydrogens is 282 g/mol. The molecule has 0 saturated carbocycles. The molecule has 1 aliphatic rings. The van der Waals surface area contributed by atoms with Crippen LogP contribution in [-0.4, -0.2) is 11.1 Å². The highest BCUT2D eigenvalue weighted by molar-refractivity contribution is 5.86. The van der Waals surface area contributed by atoms with E-state index in [1.54, 1.807) is 0 Å². The molecule has 0 bridgehead atoms. The topological polar surface area (TPSA) is 19.4 Å². The van der Waals surface area contributed by atoms with Gasteiger partial charge in [-0.1, -0.05) is 36.4 Å². The second kappa shape index (κ2) is 5.43. The van der Waals surface area contributed by atoms with Crippen molar-refractivity contribution in [1.29, 1.82) is 0 Å². The highest BCUT2D eigenvalue weighted by Gasteiger charge is 2.36. The van der Waals surface area contributed by atoms with E-state index in [2.05, 4.69) is 83.2 Å². The van der Waals surface area contributed by atoms with Crippen molar-refractivity contribution in [3.8, 4) is 0 Å². The van der Waals surface area contributed by atoms with Gasteiger partial charge in [0, 0.05) is 17.6 Å². The van der Waals surface area contributed by atoms with Crippen LogP contribution in [0.2, 0.25) is 0 Å². The van der Waals surface area contributed by atoms with Gasteiger partial charge in [0.2, 0.25) is 0 Å². The van der Waals surface area contributed by atoms with E-state index in [4.69, 9.17) is 0 Å². The summed E-state index contributed by atoms with van der Waals surface area (Å²) in [4.78, 5) is 9.33. The van der Waals surface area contributed by atoms with Crippen LogP contribution in [0.25, 0.3) is 0 Å². The molecule has 0 saturated heterocycles. The lowest BCUT2D eigenvalue weighted by Crippen LogP contribution is -2.35. The average molecular weight is 301 g/mol. The Labute approximate surface area is 136 Å². The van der Waals surface area contributed by atoms with Gasteiger partial charge in [-0.25, -0.2) is 4.98 Å². The third kappa shape index (κ3) is 2.16. The summed E-state index contributed by atoms with van der Waals surface area (Å²) in [6, 6.07) is 23.1. The Hall–Kier alpha value is -2.81. The van der Waals surface area contributed by atoms with Crippen molar-refractivity contribution in [3.05, 3.63) is 78.5 Å². The second-order valence-electron chi connectivity index (χ2n) is 5.84. The monoisotopic (exact) mass is 301 g/mol. The minimum absolute atomic E-state index is 0.170. The predicted octanol–water partition coefficient (Wildman–Crippen LogP) is 5.03. The van der Waals surface area contributed by atoms with Crippen LogP contribution in [-0.2, 0) is 0 Å². The van der Waals surface area contributed by atoms with Crippen LogP contribution < -0.4 is 9.80 Å². The Balaban J connectivity index is 1.89. The number of hydrogen-bond acceptors (Lipinski definition) is 3. The summed E-state index contributed by atoms with van der Waals surface area (Å²) in [5.41, 5.74) is 4.80. The maximum absolute atomic E-state index is 4.67. The summed E-state index contributed by atoms with van der Waals surface area (Å²) in [7, 11) is 0. The number of hydrogen-bond donors (Lipinski definition) is 0. The molecule has 0 spiro atoms. The lowest BCUT2D eigenvalue weighted by molar-refractivity contribution is 0.755. The Morgan fingerprint density at radius 2 is 1.48 bits per heavy atom. The third-order valence-electron chi connectivity index (χ3n) is 4.41. The number of nitrogens with zero attached hydrogens (tertiary/aromatic N) is 3. The molecule has 0 amide bonds. The SMILES string of the molecule is Cc1ccccc1N1c2ncccc2N(c2ccccc2)[C@@H]1C. The zero-order valence-corrected chi connectivity index (χ0v) is 13.3. The van der Waals surface area contributed by atoms with Gasteiger partial charge >= 0.3 is 0 Å². The molecule has 0 fully saturated rings. The first-order valence-corrected chi connectivity index (χ1v) is 7.91. The van der Waals surface area contributed by atoms with E-state index in [9.17, 15) is 0 Å². The number of benzene rings is 2. The van der Waals surface area contributed by atoms with Gasteiger partial charge in [0.25, 0.3) is 0 Å². The summed E-state index contributed by atoms with van der Waals surface area (Å²) in [6.07, 6.45) is 2.04. The van der Waals surface area contributed by atoms with Gasteiger partial charge in [0.05, 0.1) is 5.69 Å². The summed E-state index contributed by atoms with van der Waals surface area (Å²) in [5.74, 6) is 1.01. The number of pyridine rings is 1. The molecular formula is C20H19N3. The first kappa shape index (κ1) is 13.8. The second-order valence-corrected chi connectivity index (χ2v) is 5.84. The fourth-order valence-electron chi connectivity index (χ4n) is 3.35. The molecule has 3 aromatic rings. The van der Waals surface area contributed by atoms with Crippen molar-refractivity contribution in [2.45, 2.75) is 20.0 Å². The van der Waals surface area contributed by atoms with Gasteiger partial charge in [0.15, 0.2) is 5.82 Å². The zero-order chi connectivity index (χ0) is 15.8. The molecule has 0 aliphatic carbocycles. The van der Waals surface area contributed by atoms with Gasteiger partial charge in [-0.05, 0) is 49.7 Å². The standard InChI is InChI=1S/C20H19N3/c1-15-9-6-7-12-18(15)23-16(2)22(17-10-4-3-5-11-17)19-13-8-14-21-20(19)23/h3-14,16H,1-2H3/t16-/m0/s1. The van der Waals surface area contributed by atoms with E-state index in [1.165, 1.54) is 16.9 Å². The molecule has 3 nitrogen and oxygen atoms in total. The lowest BCUT2D eigenvalue weighted by Gasteiger charge is -2.30. The number of anilines is 4. The summed E-state index contributed by atoms with van der Waals surface area (Å²) in [5, 5.41) is 0. The van der Waals surface area contributed by atoms with Crippen LogP contribution in [0.4, 0.5) is 22.9 Å². The Bertz CT molecular complexity index is 829. The molecule has 1 atom stereocenters. The molecule has 1 aromatic heterocycles. The number of para-hydroxylation sites is 2. The number of aromatic nitrogens is 1. The van der Waals surface area contributed by atoms with Crippen LogP contribution in [0, 0.1) is 6.92 Å². The Morgan fingerprint density at radius 1 is 0.783 bits per heavy atom. The molecule has 3 heteroatoms. The summed E-state index contributed by atoms with van der Waals surface area (Å²) < 4.78 is 0. The minimum Gasteiger partial charge on any atom is -0.317 e. The van der Waals surface area contributed by atoms with Crippen molar-refractivity contribution in [2.24, 2.45) is 0 Å². The van der Waals surface area contributed by atoms with Crippen LogP contribution in [0.5, 0.6) is 0 Å². The van der Waals surface area contributed by atoms with E-state index < -0.39 is 0 Å². The largest absolute Gasteiger partial charge is 0.317 e. The van der Waals surface area contributed by atoms with Crippen LogP contribution in [0.1, 0.15) is 12.5 Å². The van der Waals surface area contributed by atoms with E-state index in [-0.39, 0.29) is 6.17 Å². The smallest absolute Gasteiger partial charge is 0.158 e. The fraction of sp³-hybridized carbons (Fsp3) is 0.150. The fourth-order valence-corrected chi connectivity index (χ4v) is 3.35. The number of aryl methyl sites for hydroxylation is 1. The van der Waals surface area contributed by atoms with E-state index in [0.29, 0.717) is 0 Å². The van der Waals surface area contributed by atoms with Crippen molar-refractivity contribution in [2.75, 3.05) is 9.80 Å². The molecule has 4 rings (SSSR count). The third-order valence-corrected chi connectivity index (χ3v) is 4.41. The van der Waals surface area contributed by atoms with Crippen molar-refractivity contribution in [3.63, 3.8) is 0 Å². The first-order chi connectivity index (χ1) is 11.3. The average Bonchev–Trinajstić information content (AvgIpc) is 2.88. The van der Waals surface area contributed by atoms with Crippen molar-refractivity contribution < 1.29 is 0 Å². The normalized spacial score (nSPS) is 16.5. The molecule has 1 aliphatic heterocycles. The van der Waals surface area contributed by atoms with Crippen LogP contribution in [0.15, 0.2) is 72.9 Å². The maximum atomic E-state index is 4.67. The van der Waals surface area contributed by atoms with Crippen molar-refractivity contribution >= 4 is 22.9 Å². The predicted molar refractivity (Wildman–Crippen MR) is 95.6 cm³/mol. The molecule has 0 N–H and O–H groups in total. The Kier molecular flexibility index (Phi) is 3.27. The van der Waals surface area contributed by atoms with E-state index in [0.717, 1.165) is 11.5 Å². The molecule has 2 heterocycles. The minimum atomic E-state index is 0.170. The maximum Gasteiger partial charge on any atom is 0.158 e. The summed E-state index contributed by atoms with van der Waals surface area (Å²) >= 11 is 0. The Morgan fingerprint density at radius 3 is 2.26 bits per heavy atom. The quantitative estimate of drug-likeness (QED) is 0.662. The molecule has 2 aromatic carbocycles. The molecule has 114 valence electrons. The van der Waals surface area contributed by atoms with Crippen molar-refractivity contribution in [1.82, 2.24) is 4.98 Å². The number of rotatable bonds is 2. The molecule has 23 heavy (non-hydrogen) atoms. The zero-order valence-electron chi connectivity index (χ0n) is 13.3. The molecule has 0 radical (unpaired) electrons. The van der Waals surface area contributed by atoms with Gasteiger partial charge in [-0.15, -0.1) is 0 Å². The van der Waals surface area contributed by atoms with Gasteiger partial charge in [0.1, 0.15) is 6.17 Å². The lowest BCUT2D eigenvalue weighted by atomic mass is 10.2. The summed E-state index contributed by atoms with van der Waals surface area (Å²) in [6.45, 7) is 4.37. The van der Waals surface area contributed by atoms with Crippen LogP contribution in [0.3, 0.4) is 0 Å².